The summed E-state index contributed by atoms with van der Waals surface area (Å²) in [4.78, 5) is 17.4. The molecule has 5 atom stereocenters. The highest BCUT2D eigenvalue weighted by Crippen LogP contribution is 2.35. The van der Waals surface area contributed by atoms with E-state index in [-0.39, 0.29) is 24.2 Å². The molecule has 1 aliphatic carbocycles. The van der Waals surface area contributed by atoms with Gasteiger partial charge in [-0.2, -0.15) is 5.26 Å². The van der Waals surface area contributed by atoms with Crippen molar-refractivity contribution in [3.05, 3.63) is 29.6 Å². The molecule has 3 heterocycles. The predicted octanol–water partition coefficient (Wildman–Crippen LogP) is 1.80. The third-order valence-corrected chi connectivity index (χ3v) is 7.53. The molecule has 5 rings (SSSR count). The van der Waals surface area contributed by atoms with Crippen molar-refractivity contribution in [3.63, 3.8) is 0 Å². The van der Waals surface area contributed by atoms with Crippen LogP contribution in [0, 0.1) is 23.1 Å². The van der Waals surface area contributed by atoms with Crippen molar-refractivity contribution in [2.24, 2.45) is 5.92 Å². The number of nitriles is 1. The van der Waals surface area contributed by atoms with Crippen molar-refractivity contribution in [2.75, 3.05) is 31.1 Å². The summed E-state index contributed by atoms with van der Waals surface area (Å²) < 4.78 is 14.9. The van der Waals surface area contributed by atoms with Gasteiger partial charge in [0.2, 0.25) is 5.91 Å². The van der Waals surface area contributed by atoms with E-state index in [9.17, 15) is 14.4 Å². The molecular formula is C23H30FN5O. The van der Waals surface area contributed by atoms with Gasteiger partial charge in [-0.15, -0.1) is 0 Å². The van der Waals surface area contributed by atoms with E-state index >= 15 is 0 Å². The Morgan fingerprint density at radius 3 is 2.93 bits per heavy atom. The summed E-state index contributed by atoms with van der Waals surface area (Å²) in [6.45, 7) is 4.09. The standard InChI is InChI=1S/C23H30FN5O/c24-21-12-19(29-9-8-28-7-1-2-20(28)14-29)6-4-15(21)10-18(13-25)27-23(30)22-16-3-5-17(11-16)26-22/h4,6,12,16-18,20,22,26H,1-3,5,7-11,14H2,(H,27,30). The van der Waals surface area contributed by atoms with Crippen molar-refractivity contribution in [1.82, 2.24) is 15.5 Å². The van der Waals surface area contributed by atoms with Crippen molar-refractivity contribution in [1.29, 1.82) is 5.26 Å². The molecule has 4 fully saturated rings. The average Bonchev–Trinajstić information content (AvgIpc) is 3.50. The van der Waals surface area contributed by atoms with Crippen molar-refractivity contribution in [2.45, 2.75) is 62.7 Å². The summed E-state index contributed by atoms with van der Waals surface area (Å²) in [7, 11) is 0. The predicted molar refractivity (Wildman–Crippen MR) is 113 cm³/mol. The van der Waals surface area contributed by atoms with Crippen LogP contribution in [-0.4, -0.2) is 61.2 Å². The molecule has 0 aromatic heterocycles. The fraction of sp³-hybridized carbons (Fsp3) is 0.652. The molecule has 3 aliphatic heterocycles. The highest BCUT2D eigenvalue weighted by atomic mass is 19.1. The van der Waals surface area contributed by atoms with E-state index in [1.807, 2.05) is 6.07 Å². The van der Waals surface area contributed by atoms with E-state index in [1.165, 1.54) is 19.4 Å². The first-order chi connectivity index (χ1) is 14.6. The topological polar surface area (TPSA) is 71.4 Å². The van der Waals surface area contributed by atoms with Crippen LogP contribution in [0.4, 0.5) is 10.1 Å². The average molecular weight is 412 g/mol. The number of hydrogen-bond donors (Lipinski definition) is 2. The lowest BCUT2D eigenvalue weighted by molar-refractivity contribution is -0.124. The zero-order chi connectivity index (χ0) is 20.7. The van der Waals surface area contributed by atoms with Crippen molar-refractivity contribution < 1.29 is 9.18 Å². The lowest BCUT2D eigenvalue weighted by Gasteiger charge is -2.38. The van der Waals surface area contributed by atoms with E-state index in [2.05, 4.69) is 26.5 Å². The minimum absolute atomic E-state index is 0.125. The number of halogens is 1. The maximum absolute atomic E-state index is 14.9. The Labute approximate surface area is 177 Å². The van der Waals surface area contributed by atoms with Gasteiger partial charge in [0, 0.05) is 43.8 Å². The number of piperidine rings is 1. The molecule has 3 saturated heterocycles. The summed E-state index contributed by atoms with van der Waals surface area (Å²) in [5.74, 6) is -0.0557. The number of hydrogen-bond acceptors (Lipinski definition) is 5. The van der Waals surface area contributed by atoms with Gasteiger partial charge in [0.1, 0.15) is 11.9 Å². The van der Waals surface area contributed by atoms with Crippen LogP contribution in [0.15, 0.2) is 18.2 Å². The number of fused-ring (bicyclic) bond motifs is 3. The highest BCUT2D eigenvalue weighted by molar-refractivity contribution is 5.83. The normalized spacial score (nSPS) is 31.4. The van der Waals surface area contributed by atoms with Crippen LogP contribution in [0.25, 0.3) is 0 Å². The molecule has 30 heavy (non-hydrogen) atoms. The van der Waals surface area contributed by atoms with Gasteiger partial charge in [0.25, 0.3) is 0 Å². The Kier molecular flexibility index (Phi) is 5.38. The molecule has 1 saturated carbocycles. The van der Waals surface area contributed by atoms with Gasteiger partial charge in [-0.1, -0.05) is 6.07 Å². The monoisotopic (exact) mass is 411 g/mol. The maximum atomic E-state index is 14.9. The lowest BCUT2D eigenvalue weighted by atomic mass is 9.98. The largest absolute Gasteiger partial charge is 0.369 e. The third-order valence-electron chi connectivity index (χ3n) is 7.53. The SMILES string of the molecule is N#CC(Cc1ccc(N2CCN3CCCC3C2)cc1F)NC(=O)C1NC2CCC1C2. The first kappa shape index (κ1) is 19.8. The first-order valence-electron chi connectivity index (χ1n) is 11.3. The molecule has 160 valence electrons. The third kappa shape index (κ3) is 3.79. The maximum Gasteiger partial charge on any atom is 0.238 e. The van der Waals surface area contributed by atoms with Crippen LogP contribution in [0.3, 0.4) is 0 Å². The molecule has 2 bridgehead atoms. The molecule has 6 nitrogen and oxygen atoms in total. The number of benzene rings is 1. The van der Waals surface area contributed by atoms with E-state index in [4.69, 9.17) is 0 Å². The fourth-order valence-electron chi connectivity index (χ4n) is 5.88. The summed E-state index contributed by atoms with van der Waals surface area (Å²) in [5, 5.41) is 15.7. The van der Waals surface area contributed by atoms with Crippen molar-refractivity contribution in [3.8, 4) is 6.07 Å². The second-order valence-electron chi connectivity index (χ2n) is 9.36. The van der Waals surface area contributed by atoms with E-state index in [0.29, 0.717) is 23.6 Å². The van der Waals surface area contributed by atoms with E-state index in [0.717, 1.165) is 44.6 Å². The zero-order valence-corrected chi connectivity index (χ0v) is 17.3. The molecule has 0 spiro atoms. The van der Waals surface area contributed by atoms with Crippen LogP contribution < -0.4 is 15.5 Å². The van der Waals surface area contributed by atoms with Crippen LogP contribution in [0.2, 0.25) is 0 Å². The number of carbonyl (C=O) groups excluding carboxylic acids is 1. The second kappa shape index (κ2) is 8.16. The smallest absolute Gasteiger partial charge is 0.238 e. The van der Waals surface area contributed by atoms with Gasteiger partial charge in [0.15, 0.2) is 0 Å². The molecule has 4 aliphatic rings. The van der Waals surface area contributed by atoms with Crippen LogP contribution in [0.5, 0.6) is 0 Å². The minimum atomic E-state index is -0.721. The Morgan fingerprint density at radius 2 is 2.20 bits per heavy atom. The van der Waals surface area contributed by atoms with Crippen LogP contribution in [-0.2, 0) is 11.2 Å². The first-order valence-corrected chi connectivity index (χ1v) is 11.3. The number of anilines is 1. The molecular weight excluding hydrogens is 381 g/mol. The Bertz CT molecular complexity index is 854. The van der Waals surface area contributed by atoms with Gasteiger partial charge in [0.05, 0.1) is 12.1 Å². The van der Waals surface area contributed by atoms with Gasteiger partial charge < -0.3 is 15.5 Å². The number of rotatable bonds is 5. The lowest BCUT2D eigenvalue weighted by Crippen LogP contribution is -2.50. The quantitative estimate of drug-likeness (QED) is 0.773. The van der Waals surface area contributed by atoms with E-state index in [1.54, 1.807) is 12.1 Å². The molecule has 1 aromatic carbocycles. The number of nitrogens with one attached hydrogen (secondary N) is 2. The summed E-state index contributed by atoms with van der Waals surface area (Å²) >= 11 is 0. The number of amides is 1. The summed E-state index contributed by atoms with van der Waals surface area (Å²) in [5.41, 5.74) is 1.39. The van der Waals surface area contributed by atoms with Crippen LogP contribution in [0.1, 0.15) is 37.7 Å². The Hall–Kier alpha value is -2.17. The molecule has 1 amide bonds. The van der Waals surface area contributed by atoms with E-state index < -0.39 is 6.04 Å². The zero-order valence-electron chi connectivity index (χ0n) is 17.3. The van der Waals surface area contributed by atoms with Gasteiger partial charge in [-0.05, 0) is 62.3 Å². The summed E-state index contributed by atoms with van der Waals surface area (Å²) in [6, 6.07) is 7.55. The van der Waals surface area contributed by atoms with Crippen LogP contribution >= 0.6 is 0 Å². The fourth-order valence-corrected chi connectivity index (χ4v) is 5.88. The number of piperazine rings is 1. The molecule has 7 heteroatoms. The Balaban J connectivity index is 1.21. The van der Waals surface area contributed by atoms with Gasteiger partial charge in [-0.3, -0.25) is 9.69 Å². The number of carbonyl (C=O) groups is 1. The second-order valence-corrected chi connectivity index (χ2v) is 9.36. The highest BCUT2D eigenvalue weighted by Gasteiger charge is 2.43. The van der Waals surface area contributed by atoms with Gasteiger partial charge >= 0.3 is 0 Å². The Morgan fingerprint density at radius 1 is 1.30 bits per heavy atom. The molecule has 0 radical (unpaired) electrons. The summed E-state index contributed by atoms with van der Waals surface area (Å²) in [6.07, 6.45) is 5.90. The van der Waals surface area contributed by atoms with Crippen molar-refractivity contribution >= 4 is 11.6 Å². The minimum Gasteiger partial charge on any atom is -0.369 e. The number of nitrogens with zero attached hydrogens (tertiary/aromatic N) is 3. The molecule has 5 unspecified atom stereocenters. The molecule has 1 aromatic rings. The molecule has 2 N–H and O–H groups in total. The van der Waals surface area contributed by atoms with Gasteiger partial charge in [-0.25, -0.2) is 4.39 Å².